The van der Waals surface area contributed by atoms with E-state index < -0.39 is 5.97 Å². The molecule has 1 aliphatic rings. The molecule has 1 saturated heterocycles. The van der Waals surface area contributed by atoms with Crippen molar-refractivity contribution >= 4 is 5.97 Å². The van der Waals surface area contributed by atoms with Crippen molar-refractivity contribution in [2.24, 2.45) is 11.8 Å². The molecule has 0 atom stereocenters. The topological polar surface area (TPSA) is 40.5 Å². The molecule has 0 spiro atoms. The zero-order valence-corrected chi connectivity index (χ0v) is 9.20. The lowest BCUT2D eigenvalue weighted by atomic mass is 9.96. The first kappa shape index (κ1) is 11.5. The van der Waals surface area contributed by atoms with Crippen LogP contribution in [0.25, 0.3) is 0 Å². The van der Waals surface area contributed by atoms with Crippen LogP contribution in [0.5, 0.6) is 0 Å². The number of aliphatic carboxylic acids is 1. The molecule has 82 valence electrons. The summed E-state index contributed by atoms with van der Waals surface area (Å²) in [5.74, 6) is 0.537. The molecular formula is C11H21NO2. The molecule has 0 aromatic rings. The van der Waals surface area contributed by atoms with E-state index in [1.807, 2.05) is 0 Å². The Balaban J connectivity index is 1.96. The summed E-state index contributed by atoms with van der Waals surface area (Å²) in [6.07, 6.45) is 2.87. The number of rotatable bonds is 6. The van der Waals surface area contributed by atoms with Crippen molar-refractivity contribution in [1.29, 1.82) is 0 Å². The summed E-state index contributed by atoms with van der Waals surface area (Å²) in [7, 11) is 0. The van der Waals surface area contributed by atoms with E-state index in [1.165, 1.54) is 12.8 Å². The minimum Gasteiger partial charge on any atom is -0.481 e. The molecule has 14 heavy (non-hydrogen) atoms. The number of nitrogens with zero attached hydrogens (tertiary/aromatic N) is 1. The Hall–Kier alpha value is -0.570. The van der Waals surface area contributed by atoms with Gasteiger partial charge in [0.05, 0.1) is 6.42 Å². The smallest absolute Gasteiger partial charge is 0.303 e. The Morgan fingerprint density at radius 3 is 2.64 bits per heavy atom. The molecule has 1 fully saturated rings. The first-order valence-corrected chi connectivity index (χ1v) is 5.52. The summed E-state index contributed by atoms with van der Waals surface area (Å²) in [5, 5.41) is 8.57. The normalized spacial score (nSPS) is 18.5. The molecule has 0 saturated carbocycles. The molecule has 0 unspecified atom stereocenters. The summed E-state index contributed by atoms with van der Waals surface area (Å²) < 4.78 is 0. The molecule has 0 aromatic carbocycles. The van der Waals surface area contributed by atoms with Crippen LogP contribution < -0.4 is 0 Å². The van der Waals surface area contributed by atoms with Gasteiger partial charge in [-0.25, -0.2) is 0 Å². The van der Waals surface area contributed by atoms with E-state index >= 15 is 0 Å². The Morgan fingerprint density at radius 1 is 1.50 bits per heavy atom. The van der Waals surface area contributed by atoms with E-state index in [4.69, 9.17) is 5.11 Å². The molecule has 1 aliphatic heterocycles. The van der Waals surface area contributed by atoms with Gasteiger partial charge in [0.2, 0.25) is 0 Å². The maximum Gasteiger partial charge on any atom is 0.303 e. The van der Waals surface area contributed by atoms with Gasteiger partial charge < -0.3 is 10.0 Å². The largest absolute Gasteiger partial charge is 0.481 e. The fraction of sp³-hybridized carbons (Fsp3) is 0.909. The van der Waals surface area contributed by atoms with Crippen LogP contribution in [0.2, 0.25) is 0 Å². The molecule has 1 heterocycles. The van der Waals surface area contributed by atoms with Gasteiger partial charge in [-0.15, -0.1) is 0 Å². The average Bonchev–Trinajstić information content (AvgIpc) is 1.98. The van der Waals surface area contributed by atoms with Crippen molar-refractivity contribution in [3.05, 3.63) is 0 Å². The molecule has 1 rings (SSSR count). The molecular weight excluding hydrogens is 178 g/mol. The maximum absolute atomic E-state index is 10.4. The lowest BCUT2D eigenvalue weighted by molar-refractivity contribution is -0.139. The maximum atomic E-state index is 10.4. The number of carbonyl (C=O) groups is 1. The van der Waals surface area contributed by atoms with E-state index in [0.717, 1.165) is 25.6 Å². The van der Waals surface area contributed by atoms with Crippen LogP contribution in [-0.2, 0) is 4.79 Å². The van der Waals surface area contributed by atoms with Crippen LogP contribution >= 0.6 is 0 Å². The van der Waals surface area contributed by atoms with E-state index in [-0.39, 0.29) is 0 Å². The molecule has 3 nitrogen and oxygen atoms in total. The summed E-state index contributed by atoms with van der Waals surface area (Å²) in [4.78, 5) is 12.8. The van der Waals surface area contributed by atoms with E-state index in [0.29, 0.717) is 12.3 Å². The van der Waals surface area contributed by atoms with Gasteiger partial charge in [-0.1, -0.05) is 13.8 Å². The lowest BCUT2D eigenvalue weighted by Gasteiger charge is -2.38. The monoisotopic (exact) mass is 199 g/mol. The second kappa shape index (κ2) is 5.35. The second-order valence-electron chi connectivity index (χ2n) is 4.76. The SMILES string of the molecule is CC(C)CCCN1CC(CC(=O)O)C1. The molecule has 1 N–H and O–H groups in total. The van der Waals surface area contributed by atoms with Gasteiger partial charge >= 0.3 is 5.97 Å². The van der Waals surface area contributed by atoms with E-state index in [2.05, 4.69) is 18.7 Å². The van der Waals surface area contributed by atoms with Gasteiger partial charge in [-0.3, -0.25) is 4.79 Å². The summed E-state index contributed by atoms with van der Waals surface area (Å²) >= 11 is 0. The average molecular weight is 199 g/mol. The van der Waals surface area contributed by atoms with Crippen molar-refractivity contribution in [2.75, 3.05) is 19.6 Å². The van der Waals surface area contributed by atoms with Crippen LogP contribution in [0.1, 0.15) is 33.1 Å². The van der Waals surface area contributed by atoms with E-state index in [9.17, 15) is 4.79 Å². The Labute approximate surface area is 86.1 Å². The zero-order valence-electron chi connectivity index (χ0n) is 9.20. The lowest BCUT2D eigenvalue weighted by Crippen LogP contribution is -2.47. The Morgan fingerprint density at radius 2 is 2.14 bits per heavy atom. The molecule has 0 bridgehead atoms. The number of likely N-dealkylation sites (tertiary alicyclic amines) is 1. The zero-order chi connectivity index (χ0) is 10.6. The number of hydrogen-bond donors (Lipinski definition) is 1. The minimum atomic E-state index is -0.656. The molecule has 0 radical (unpaired) electrons. The van der Waals surface area contributed by atoms with Crippen LogP contribution in [0, 0.1) is 11.8 Å². The predicted octanol–water partition coefficient (Wildman–Crippen LogP) is 1.83. The summed E-state index contributed by atoms with van der Waals surface area (Å²) in [6, 6.07) is 0. The van der Waals surface area contributed by atoms with Crippen LogP contribution in [0.4, 0.5) is 0 Å². The fourth-order valence-electron chi connectivity index (χ4n) is 1.96. The van der Waals surface area contributed by atoms with Gasteiger partial charge in [-0.05, 0) is 31.2 Å². The Kier molecular flexibility index (Phi) is 4.39. The van der Waals surface area contributed by atoms with Crippen LogP contribution in [0.15, 0.2) is 0 Å². The third kappa shape index (κ3) is 4.09. The van der Waals surface area contributed by atoms with Crippen molar-refractivity contribution in [3.63, 3.8) is 0 Å². The highest BCUT2D eigenvalue weighted by Crippen LogP contribution is 2.19. The number of carboxylic acid groups (broad SMARTS) is 1. The van der Waals surface area contributed by atoms with Crippen LogP contribution in [0.3, 0.4) is 0 Å². The Bertz CT molecular complexity index is 186. The van der Waals surface area contributed by atoms with Crippen molar-refractivity contribution in [2.45, 2.75) is 33.1 Å². The molecule has 0 aromatic heterocycles. The van der Waals surface area contributed by atoms with Crippen LogP contribution in [-0.4, -0.2) is 35.6 Å². The first-order chi connectivity index (χ1) is 6.58. The van der Waals surface area contributed by atoms with Gasteiger partial charge in [0.1, 0.15) is 0 Å². The van der Waals surface area contributed by atoms with Crippen molar-refractivity contribution < 1.29 is 9.90 Å². The second-order valence-corrected chi connectivity index (χ2v) is 4.76. The molecule has 0 aliphatic carbocycles. The predicted molar refractivity (Wildman–Crippen MR) is 56.3 cm³/mol. The quantitative estimate of drug-likeness (QED) is 0.709. The summed E-state index contributed by atoms with van der Waals surface area (Å²) in [6.45, 7) is 7.61. The van der Waals surface area contributed by atoms with Gasteiger partial charge in [0.15, 0.2) is 0 Å². The van der Waals surface area contributed by atoms with Crippen molar-refractivity contribution in [3.8, 4) is 0 Å². The third-order valence-corrected chi connectivity index (χ3v) is 2.75. The number of carboxylic acids is 1. The standard InChI is InChI=1S/C11H21NO2/c1-9(2)4-3-5-12-7-10(8-12)6-11(13)14/h9-10H,3-8H2,1-2H3,(H,13,14). The van der Waals surface area contributed by atoms with Gasteiger partial charge in [0.25, 0.3) is 0 Å². The highest BCUT2D eigenvalue weighted by molar-refractivity contribution is 5.67. The first-order valence-electron chi connectivity index (χ1n) is 5.52. The molecule has 0 amide bonds. The fourth-order valence-corrected chi connectivity index (χ4v) is 1.96. The highest BCUT2D eigenvalue weighted by Gasteiger charge is 2.27. The highest BCUT2D eigenvalue weighted by atomic mass is 16.4. The number of hydrogen-bond acceptors (Lipinski definition) is 2. The van der Waals surface area contributed by atoms with Gasteiger partial charge in [0, 0.05) is 13.1 Å². The molecule has 3 heteroatoms. The van der Waals surface area contributed by atoms with Crippen molar-refractivity contribution in [1.82, 2.24) is 4.90 Å². The van der Waals surface area contributed by atoms with E-state index in [1.54, 1.807) is 0 Å². The van der Waals surface area contributed by atoms with Gasteiger partial charge in [-0.2, -0.15) is 0 Å². The summed E-state index contributed by atoms with van der Waals surface area (Å²) in [5.41, 5.74) is 0. The minimum absolute atomic E-state index is 0.348. The third-order valence-electron chi connectivity index (χ3n) is 2.75.